The molecule has 3 amide bonds. The van der Waals surface area contributed by atoms with E-state index < -0.39 is 29.7 Å². The van der Waals surface area contributed by atoms with Crippen LogP contribution in [0.3, 0.4) is 0 Å². The van der Waals surface area contributed by atoms with E-state index in [1.165, 1.54) is 6.92 Å². The van der Waals surface area contributed by atoms with Gasteiger partial charge >= 0.3 is 5.97 Å². The molecule has 2 heterocycles. The monoisotopic (exact) mass is 478 g/mol. The fourth-order valence-corrected chi connectivity index (χ4v) is 4.69. The van der Waals surface area contributed by atoms with Crippen LogP contribution in [0.15, 0.2) is 53.9 Å². The lowest BCUT2D eigenvalue weighted by Gasteiger charge is -2.21. The van der Waals surface area contributed by atoms with Crippen LogP contribution in [0.4, 0.5) is 5.00 Å². The van der Waals surface area contributed by atoms with Crippen molar-refractivity contribution in [1.29, 1.82) is 0 Å². The molecule has 0 aliphatic carbocycles. The molecule has 0 spiro atoms. The number of anilines is 1. The van der Waals surface area contributed by atoms with Crippen molar-refractivity contribution in [3.63, 3.8) is 0 Å². The van der Waals surface area contributed by atoms with Crippen LogP contribution in [0.1, 0.15) is 44.9 Å². The number of amides is 3. The number of esters is 1. The van der Waals surface area contributed by atoms with Crippen molar-refractivity contribution < 1.29 is 28.7 Å². The number of methoxy groups -OCH3 is 1. The van der Waals surface area contributed by atoms with Crippen molar-refractivity contribution in [2.45, 2.75) is 19.9 Å². The Hall–Kier alpha value is -3.98. The van der Waals surface area contributed by atoms with Gasteiger partial charge in [-0.15, -0.1) is 11.3 Å². The largest absolute Gasteiger partial charge is 0.497 e. The lowest BCUT2D eigenvalue weighted by Crippen LogP contribution is -2.45. The van der Waals surface area contributed by atoms with Crippen LogP contribution >= 0.6 is 11.3 Å². The van der Waals surface area contributed by atoms with Gasteiger partial charge in [-0.3, -0.25) is 19.3 Å². The minimum atomic E-state index is -1.09. The van der Waals surface area contributed by atoms with E-state index in [2.05, 4.69) is 5.32 Å². The van der Waals surface area contributed by atoms with Gasteiger partial charge in [0.05, 0.1) is 24.8 Å². The van der Waals surface area contributed by atoms with Gasteiger partial charge in [-0.05, 0) is 43.7 Å². The molecule has 2 aromatic carbocycles. The van der Waals surface area contributed by atoms with E-state index in [9.17, 15) is 19.2 Å². The molecule has 4 rings (SSSR count). The molecule has 0 bridgehead atoms. The zero-order valence-corrected chi connectivity index (χ0v) is 19.6. The van der Waals surface area contributed by atoms with E-state index in [-0.39, 0.29) is 28.3 Å². The zero-order chi connectivity index (χ0) is 24.4. The summed E-state index contributed by atoms with van der Waals surface area (Å²) in [6, 6.07) is 12.5. The Morgan fingerprint density at radius 1 is 1.00 bits per heavy atom. The number of benzene rings is 2. The van der Waals surface area contributed by atoms with Gasteiger partial charge in [0.2, 0.25) is 5.91 Å². The molecule has 0 saturated heterocycles. The van der Waals surface area contributed by atoms with E-state index in [1.807, 2.05) is 0 Å². The maximum absolute atomic E-state index is 13.1. The summed E-state index contributed by atoms with van der Waals surface area (Å²) in [5, 5.41) is 4.74. The maximum Gasteiger partial charge on any atom is 0.341 e. The number of nitrogens with one attached hydrogen (secondary N) is 1. The van der Waals surface area contributed by atoms with Gasteiger partial charge in [0, 0.05) is 10.9 Å². The Morgan fingerprint density at radius 3 is 2.18 bits per heavy atom. The van der Waals surface area contributed by atoms with Crippen LogP contribution in [0.5, 0.6) is 5.75 Å². The van der Waals surface area contributed by atoms with Crippen LogP contribution in [-0.2, 0) is 9.53 Å². The number of hydrogen-bond donors (Lipinski definition) is 1. The summed E-state index contributed by atoms with van der Waals surface area (Å²) in [6.07, 6.45) is 0. The third kappa shape index (κ3) is 4.06. The number of ether oxygens (including phenoxy) is 2. The lowest BCUT2D eigenvalue weighted by atomic mass is 10.0. The molecule has 1 N–H and O–H groups in total. The number of fused-ring (bicyclic) bond motifs is 1. The standard InChI is InChI=1S/C25H22N2O6S/c1-4-33-25(31)20-19(15-9-11-16(32-3)12-10-15)13-34-22(20)26-21(28)14(2)27-23(29)17-7-5-6-8-18(17)24(27)30/h5-14H,4H2,1-3H3,(H,26,28). The van der Waals surface area contributed by atoms with E-state index in [4.69, 9.17) is 9.47 Å². The molecule has 9 heteroatoms. The summed E-state index contributed by atoms with van der Waals surface area (Å²) in [4.78, 5) is 52.3. The summed E-state index contributed by atoms with van der Waals surface area (Å²) < 4.78 is 10.4. The fourth-order valence-electron chi connectivity index (χ4n) is 3.73. The van der Waals surface area contributed by atoms with Crippen LogP contribution < -0.4 is 10.1 Å². The second kappa shape index (κ2) is 9.48. The van der Waals surface area contributed by atoms with Gasteiger partial charge in [-0.2, -0.15) is 0 Å². The normalized spacial score (nSPS) is 13.4. The topological polar surface area (TPSA) is 102 Å². The average molecular weight is 479 g/mol. The third-order valence-electron chi connectivity index (χ3n) is 5.50. The summed E-state index contributed by atoms with van der Waals surface area (Å²) in [5.74, 6) is -1.57. The van der Waals surface area contributed by atoms with Gasteiger partial charge in [0.1, 0.15) is 22.4 Å². The first-order chi connectivity index (χ1) is 16.4. The fraction of sp³-hybridized carbons (Fsp3) is 0.200. The predicted molar refractivity (Wildman–Crippen MR) is 127 cm³/mol. The zero-order valence-electron chi connectivity index (χ0n) is 18.8. The molecule has 0 fully saturated rings. The van der Waals surface area contributed by atoms with Gasteiger partial charge in [0.25, 0.3) is 11.8 Å². The second-order valence-corrected chi connectivity index (χ2v) is 8.37. The number of imide groups is 1. The highest BCUT2D eigenvalue weighted by atomic mass is 32.1. The number of carbonyl (C=O) groups excluding carboxylic acids is 4. The molecular formula is C25H22N2O6S. The minimum Gasteiger partial charge on any atom is -0.497 e. The van der Waals surface area contributed by atoms with E-state index >= 15 is 0 Å². The summed E-state index contributed by atoms with van der Waals surface area (Å²) >= 11 is 1.16. The smallest absolute Gasteiger partial charge is 0.341 e. The molecule has 0 radical (unpaired) electrons. The number of carbonyl (C=O) groups is 4. The average Bonchev–Trinajstić information content (AvgIpc) is 3.37. The van der Waals surface area contributed by atoms with Crippen molar-refractivity contribution in [3.8, 4) is 16.9 Å². The molecule has 174 valence electrons. The molecule has 1 unspecified atom stereocenters. The highest BCUT2D eigenvalue weighted by Crippen LogP contribution is 2.37. The Morgan fingerprint density at radius 2 is 1.62 bits per heavy atom. The Bertz CT molecular complexity index is 1250. The summed E-state index contributed by atoms with van der Waals surface area (Å²) in [5.41, 5.74) is 2.07. The summed E-state index contributed by atoms with van der Waals surface area (Å²) in [6.45, 7) is 3.33. The molecule has 34 heavy (non-hydrogen) atoms. The Balaban J connectivity index is 1.62. The molecule has 8 nitrogen and oxygen atoms in total. The molecule has 1 aliphatic rings. The molecule has 1 atom stereocenters. The first-order valence-electron chi connectivity index (χ1n) is 10.6. The lowest BCUT2D eigenvalue weighted by molar-refractivity contribution is -0.119. The highest BCUT2D eigenvalue weighted by molar-refractivity contribution is 7.15. The molecule has 0 saturated carbocycles. The van der Waals surface area contributed by atoms with Gasteiger partial charge in [-0.25, -0.2) is 4.79 Å². The van der Waals surface area contributed by atoms with Gasteiger partial charge in [0.15, 0.2) is 0 Å². The number of thiophene rings is 1. The van der Waals surface area contributed by atoms with Crippen LogP contribution in [0, 0.1) is 0 Å². The van der Waals surface area contributed by atoms with Crippen molar-refractivity contribution in [2.75, 3.05) is 19.0 Å². The van der Waals surface area contributed by atoms with Crippen molar-refractivity contribution in [1.82, 2.24) is 4.90 Å². The van der Waals surface area contributed by atoms with E-state index in [1.54, 1.807) is 67.9 Å². The van der Waals surface area contributed by atoms with Crippen molar-refractivity contribution in [2.24, 2.45) is 0 Å². The first kappa shape index (κ1) is 23.2. The third-order valence-corrected chi connectivity index (χ3v) is 6.40. The Kier molecular flexibility index (Phi) is 6.47. The summed E-state index contributed by atoms with van der Waals surface area (Å²) in [7, 11) is 1.56. The van der Waals surface area contributed by atoms with E-state index in [0.29, 0.717) is 11.3 Å². The van der Waals surface area contributed by atoms with Crippen molar-refractivity contribution in [3.05, 3.63) is 70.6 Å². The molecule has 3 aromatic rings. The second-order valence-electron chi connectivity index (χ2n) is 7.49. The molecular weight excluding hydrogens is 456 g/mol. The Labute approximate surface area is 200 Å². The van der Waals surface area contributed by atoms with Crippen LogP contribution in [0.25, 0.3) is 11.1 Å². The minimum absolute atomic E-state index is 0.162. The van der Waals surface area contributed by atoms with Gasteiger partial charge in [-0.1, -0.05) is 24.3 Å². The van der Waals surface area contributed by atoms with E-state index in [0.717, 1.165) is 21.8 Å². The first-order valence-corrected chi connectivity index (χ1v) is 11.5. The van der Waals surface area contributed by atoms with Crippen LogP contribution in [-0.4, -0.2) is 48.3 Å². The number of rotatable bonds is 7. The maximum atomic E-state index is 13.1. The van der Waals surface area contributed by atoms with Crippen LogP contribution in [0.2, 0.25) is 0 Å². The SMILES string of the molecule is CCOC(=O)c1c(-c2ccc(OC)cc2)csc1NC(=O)C(C)N1C(=O)c2ccccc2C1=O. The van der Waals surface area contributed by atoms with Gasteiger partial charge < -0.3 is 14.8 Å². The number of hydrogen-bond acceptors (Lipinski definition) is 7. The molecule has 1 aliphatic heterocycles. The predicted octanol–water partition coefficient (Wildman–Crippen LogP) is 4.22. The molecule has 1 aromatic heterocycles. The quantitative estimate of drug-likeness (QED) is 0.403. The number of nitrogens with zero attached hydrogens (tertiary/aromatic N) is 1. The van der Waals surface area contributed by atoms with Crippen molar-refractivity contribution >= 4 is 40.0 Å². The highest BCUT2D eigenvalue weighted by Gasteiger charge is 2.41.